The van der Waals surface area contributed by atoms with E-state index in [9.17, 15) is 18.4 Å². The molecule has 0 aliphatic heterocycles. The minimum Gasteiger partial charge on any atom is -0.335 e. The molecule has 0 aliphatic rings. The highest BCUT2D eigenvalue weighted by Gasteiger charge is 2.30. The number of amides is 2. The van der Waals surface area contributed by atoms with Crippen LogP contribution in [0.15, 0.2) is 36.0 Å². The maximum absolute atomic E-state index is 12.7. The Labute approximate surface area is 162 Å². The van der Waals surface area contributed by atoms with E-state index in [0.717, 1.165) is 10.4 Å². The molecule has 0 bridgehead atoms. The van der Waals surface area contributed by atoms with Crippen molar-refractivity contribution in [3.05, 3.63) is 52.0 Å². The van der Waals surface area contributed by atoms with Crippen molar-refractivity contribution in [2.75, 3.05) is 0 Å². The van der Waals surface area contributed by atoms with Crippen molar-refractivity contribution in [3.63, 3.8) is 0 Å². The predicted molar refractivity (Wildman–Crippen MR) is 97.2 cm³/mol. The molecule has 1 atom stereocenters. The Balaban J connectivity index is 2.06. The molecule has 2 rings (SSSR count). The summed E-state index contributed by atoms with van der Waals surface area (Å²) in [5.74, 6) is 8.67. The summed E-state index contributed by atoms with van der Waals surface area (Å²) in [7, 11) is 0. The summed E-state index contributed by atoms with van der Waals surface area (Å²) in [5.41, 5.74) is 2.06. The highest BCUT2D eigenvalue weighted by Crippen LogP contribution is 2.06. The lowest BCUT2D eigenvalue weighted by molar-refractivity contribution is -0.129. The van der Waals surface area contributed by atoms with E-state index in [-0.39, 0.29) is 5.56 Å². The summed E-state index contributed by atoms with van der Waals surface area (Å²) in [6.45, 7) is 0. The van der Waals surface area contributed by atoms with E-state index in [2.05, 4.69) is 28.7 Å². The first-order valence-electron chi connectivity index (χ1n) is 7.54. The minimum atomic E-state index is -3.27. The molecular weight excluding hydrogens is 390 g/mol. The smallest absolute Gasteiger partial charge is 0.278 e. The number of benzene rings is 1. The first kappa shape index (κ1) is 20.7. The third-order valence-corrected chi connectivity index (χ3v) is 3.92. The van der Waals surface area contributed by atoms with E-state index in [1.807, 2.05) is 5.32 Å². The second kappa shape index (κ2) is 9.92. The van der Waals surface area contributed by atoms with Crippen LogP contribution in [0.4, 0.5) is 8.78 Å². The molecule has 7 nitrogen and oxygen atoms in total. The van der Waals surface area contributed by atoms with E-state index < -0.39 is 30.0 Å². The highest BCUT2D eigenvalue weighted by molar-refractivity contribution is 7.10. The first-order chi connectivity index (χ1) is 13.4. The summed E-state index contributed by atoms with van der Waals surface area (Å²) in [6, 6.07) is 3.76. The molecule has 1 aromatic carbocycles. The number of halogens is 2. The number of hydroxylamine groups is 1. The van der Waals surface area contributed by atoms with Gasteiger partial charge in [-0.1, -0.05) is 5.92 Å². The van der Waals surface area contributed by atoms with Crippen LogP contribution in [0.3, 0.4) is 0 Å². The molecule has 1 aromatic heterocycles. The van der Waals surface area contributed by atoms with Gasteiger partial charge in [-0.2, -0.15) is 0 Å². The van der Waals surface area contributed by atoms with Gasteiger partial charge in [-0.25, -0.2) is 14.3 Å². The minimum absolute atomic E-state index is 0.0547. The maximum atomic E-state index is 12.7. The van der Waals surface area contributed by atoms with Gasteiger partial charge in [-0.3, -0.25) is 19.8 Å². The Morgan fingerprint density at radius 2 is 1.86 bits per heavy atom. The maximum Gasteiger partial charge on any atom is 0.278 e. The van der Waals surface area contributed by atoms with Gasteiger partial charge in [-0.05, 0) is 42.0 Å². The number of carbonyl (C=O) groups is 2. The fraction of sp³-hybridized carbons (Fsp3) is 0.111. The average molecular weight is 402 g/mol. The van der Waals surface area contributed by atoms with Crippen LogP contribution in [0.5, 0.6) is 0 Å². The van der Waals surface area contributed by atoms with Gasteiger partial charge < -0.3 is 10.7 Å². The zero-order valence-corrected chi connectivity index (χ0v) is 14.8. The molecule has 0 saturated heterocycles. The number of alkyl halides is 2. The summed E-state index contributed by atoms with van der Waals surface area (Å²) < 4.78 is 25.3. The van der Waals surface area contributed by atoms with Gasteiger partial charge >= 0.3 is 0 Å². The second-order valence-electron chi connectivity index (χ2n) is 5.08. The molecular formula is C18H12F2N4O3S. The fourth-order valence-electron chi connectivity index (χ4n) is 1.87. The van der Waals surface area contributed by atoms with Crippen LogP contribution in [-0.4, -0.2) is 40.2 Å². The fourth-order valence-corrected chi connectivity index (χ4v) is 2.34. The van der Waals surface area contributed by atoms with Crippen molar-refractivity contribution < 1.29 is 23.6 Å². The number of thiazole rings is 1. The Bertz CT molecular complexity index is 984. The Morgan fingerprint density at radius 3 is 2.43 bits per heavy atom. The summed E-state index contributed by atoms with van der Waals surface area (Å²) in [5, 5.41) is 17.8. The first-order valence-corrected chi connectivity index (χ1v) is 8.42. The zero-order chi connectivity index (χ0) is 20.5. The van der Waals surface area contributed by atoms with Gasteiger partial charge in [-0.15, -0.1) is 11.3 Å². The number of hydrogen-bond acceptors (Lipinski definition) is 6. The molecule has 142 valence electrons. The SMILES string of the molecule is N=C(C(F)F)[C@H](NC(=O)c1ccc(C#CC#Cc2cncs2)cc1)C(=O)NO. The number of nitrogens with one attached hydrogen (secondary N) is 3. The molecule has 0 radical (unpaired) electrons. The summed E-state index contributed by atoms with van der Waals surface area (Å²) in [6.07, 6.45) is -1.66. The normalized spacial score (nSPS) is 10.7. The number of hydrogen-bond donors (Lipinski definition) is 4. The van der Waals surface area contributed by atoms with E-state index in [1.165, 1.54) is 35.6 Å². The van der Waals surface area contributed by atoms with Gasteiger partial charge in [0.2, 0.25) is 0 Å². The molecule has 4 N–H and O–H groups in total. The molecule has 0 unspecified atom stereocenters. The van der Waals surface area contributed by atoms with E-state index in [4.69, 9.17) is 10.6 Å². The quantitative estimate of drug-likeness (QED) is 0.262. The number of nitrogens with zero attached hydrogens (tertiary/aromatic N) is 1. The van der Waals surface area contributed by atoms with E-state index in [0.29, 0.717) is 5.56 Å². The molecule has 0 fully saturated rings. The van der Waals surface area contributed by atoms with Crippen LogP contribution >= 0.6 is 11.3 Å². The third kappa shape index (κ3) is 5.71. The Hall–Kier alpha value is -3.60. The Kier molecular flexibility index (Phi) is 7.34. The van der Waals surface area contributed by atoms with Crippen molar-refractivity contribution in [1.29, 1.82) is 5.41 Å². The van der Waals surface area contributed by atoms with Crippen LogP contribution in [0.2, 0.25) is 0 Å². The van der Waals surface area contributed by atoms with Crippen LogP contribution in [0, 0.1) is 29.1 Å². The number of rotatable bonds is 5. The average Bonchev–Trinajstić information content (AvgIpc) is 3.22. The van der Waals surface area contributed by atoms with Crippen LogP contribution < -0.4 is 10.8 Å². The van der Waals surface area contributed by atoms with Gasteiger partial charge in [0.05, 0.1) is 16.6 Å². The summed E-state index contributed by atoms with van der Waals surface area (Å²) in [4.78, 5) is 28.2. The molecule has 0 aliphatic carbocycles. The van der Waals surface area contributed by atoms with E-state index >= 15 is 0 Å². The topological polar surface area (TPSA) is 115 Å². The van der Waals surface area contributed by atoms with Gasteiger partial charge in [0, 0.05) is 11.1 Å². The number of carbonyl (C=O) groups excluding carboxylic acids is 2. The standard InChI is InChI=1S/C18H12F2N4O3S/c19-16(20)14(21)15(18(26)24-27)23-17(25)12-7-5-11(6-8-12)3-1-2-4-13-9-22-10-28-13/h5-10,15-16,21,27H,(H,23,25)(H,24,26)/t15-/m0/s1. The van der Waals surface area contributed by atoms with Gasteiger partial charge in [0.25, 0.3) is 18.2 Å². The van der Waals surface area contributed by atoms with Crippen molar-refractivity contribution in [2.24, 2.45) is 0 Å². The summed E-state index contributed by atoms with van der Waals surface area (Å²) >= 11 is 1.38. The monoisotopic (exact) mass is 402 g/mol. The van der Waals surface area contributed by atoms with Crippen LogP contribution in [-0.2, 0) is 4.79 Å². The van der Waals surface area contributed by atoms with Crippen LogP contribution in [0.25, 0.3) is 0 Å². The lowest BCUT2D eigenvalue weighted by Crippen LogP contribution is -2.52. The lowest BCUT2D eigenvalue weighted by Gasteiger charge is -2.17. The molecule has 0 saturated carbocycles. The van der Waals surface area contributed by atoms with E-state index in [1.54, 1.807) is 11.7 Å². The molecule has 2 aromatic rings. The van der Waals surface area contributed by atoms with Crippen LogP contribution in [0.1, 0.15) is 20.8 Å². The third-order valence-electron chi connectivity index (χ3n) is 3.23. The molecule has 28 heavy (non-hydrogen) atoms. The molecule has 2 amide bonds. The molecule has 10 heteroatoms. The van der Waals surface area contributed by atoms with Crippen molar-refractivity contribution in [1.82, 2.24) is 15.8 Å². The zero-order valence-electron chi connectivity index (χ0n) is 14.0. The predicted octanol–water partition coefficient (Wildman–Crippen LogP) is 1.43. The number of aromatic nitrogens is 1. The Morgan fingerprint density at radius 1 is 1.18 bits per heavy atom. The largest absolute Gasteiger partial charge is 0.335 e. The lowest BCUT2D eigenvalue weighted by atomic mass is 10.1. The van der Waals surface area contributed by atoms with Gasteiger partial charge in [0.15, 0.2) is 6.04 Å². The van der Waals surface area contributed by atoms with Crippen molar-refractivity contribution in [2.45, 2.75) is 12.5 Å². The van der Waals surface area contributed by atoms with Crippen molar-refractivity contribution >= 4 is 28.9 Å². The highest BCUT2D eigenvalue weighted by atomic mass is 32.1. The molecule has 0 spiro atoms. The van der Waals surface area contributed by atoms with Gasteiger partial charge in [0.1, 0.15) is 5.71 Å². The second-order valence-corrected chi connectivity index (χ2v) is 5.97. The van der Waals surface area contributed by atoms with Crippen molar-refractivity contribution in [3.8, 4) is 23.7 Å². The molecule has 1 heterocycles.